The minimum atomic E-state index is -4.08. The maximum atomic E-state index is 13.5. The normalized spacial score (nSPS) is 13.5. The largest absolute Gasteiger partial charge is 0.339 e. The highest BCUT2D eigenvalue weighted by molar-refractivity contribution is 7.92. The van der Waals surface area contributed by atoms with E-state index >= 15 is 0 Å². The van der Waals surface area contributed by atoms with E-state index in [1.165, 1.54) is 18.2 Å². The Morgan fingerprint density at radius 2 is 1.66 bits per heavy atom. The topological polar surface area (TPSA) is 86.8 Å². The third-order valence-electron chi connectivity index (χ3n) is 5.82. The maximum absolute atomic E-state index is 13.5. The van der Waals surface area contributed by atoms with Crippen LogP contribution in [0, 0.1) is 6.92 Å². The molecule has 182 valence electrons. The van der Waals surface area contributed by atoms with E-state index in [1.807, 2.05) is 6.92 Å². The molecule has 7 nitrogen and oxygen atoms in total. The van der Waals surface area contributed by atoms with E-state index in [0.717, 1.165) is 22.7 Å². The van der Waals surface area contributed by atoms with Crippen molar-refractivity contribution in [1.29, 1.82) is 0 Å². The molecule has 0 saturated carbocycles. The second kappa shape index (κ2) is 10.5. The number of halogens is 1. The first kappa shape index (κ1) is 24.8. The van der Waals surface area contributed by atoms with E-state index in [0.29, 0.717) is 29.4 Å². The predicted octanol–water partition coefficient (Wildman–Crippen LogP) is 4.72. The van der Waals surface area contributed by atoms with Crippen molar-refractivity contribution < 1.29 is 18.0 Å². The molecule has 0 radical (unpaired) electrons. The summed E-state index contributed by atoms with van der Waals surface area (Å²) in [6.45, 7) is 2.72. The first-order valence-corrected chi connectivity index (χ1v) is 13.1. The van der Waals surface area contributed by atoms with Crippen molar-refractivity contribution in [2.75, 3.05) is 29.3 Å². The monoisotopic (exact) mass is 511 g/mol. The number of aryl methyl sites for hydroxylation is 1. The SMILES string of the molecule is Cc1ccc(S(=O)(=O)N(CC(=O)Nc2ccccc2C(=O)N2CCCC2)c2cccc(Cl)c2)cc1. The molecule has 0 bridgehead atoms. The van der Waals surface area contributed by atoms with Crippen molar-refractivity contribution in [1.82, 2.24) is 4.90 Å². The van der Waals surface area contributed by atoms with Gasteiger partial charge in [-0.2, -0.15) is 0 Å². The number of hydrogen-bond donors (Lipinski definition) is 1. The molecule has 1 fully saturated rings. The standard InChI is InChI=1S/C26H26ClN3O4S/c1-19-11-13-22(14-12-19)35(33,34)30(21-8-6-7-20(27)17-21)18-25(31)28-24-10-3-2-9-23(24)26(32)29-15-4-5-16-29/h2-3,6-14,17H,4-5,15-16,18H2,1H3,(H,28,31). The van der Waals surface area contributed by atoms with Crippen molar-refractivity contribution in [3.8, 4) is 0 Å². The van der Waals surface area contributed by atoms with Gasteiger partial charge in [0.05, 0.1) is 21.8 Å². The number of anilines is 2. The molecule has 35 heavy (non-hydrogen) atoms. The number of sulfonamides is 1. The molecule has 1 N–H and O–H groups in total. The molecular weight excluding hydrogens is 486 g/mol. The second-order valence-electron chi connectivity index (χ2n) is 8.40. The number of nitrogens with one attached hydrogen (secondary N) is 1. The number of amides is 2. The van der Waals surface area contributed by atoms with Crippen LogP contribution < -0.4 is 9.62 Å². The lowest BCUT2D eigenvalue weighted by Gasteiger charge is -2.25. The molecule has 0 atom stereocenters. The summed E-state index contributed by atoms with van der Waals surface area (Å²) in [4.78, 5) is 27.9. The Labute approximate surface area is 210 Å². The second-order valence-corrected chi connectivity index (χ2v) is 10.7. The highest BCUT2D eigenvalue weighted by atomic mass is 35.5. The molecule has 0 aromatic heterocycles. The Balaban J connectivity index is 1.63. The minimum Gasteiger partial charge on any atom is -0.339 e. The minimum absolute atomic E-state index is 0.0560. The van der Waals surface area contributed by atoms with E-state index in [4.69, 9.17) is 11.6 Å². The summed E-state index contributed by atoms with van der Waals surface area (Å²) in [6, 6.07) is 19.5. The van der Waals surface area contributed by atoms with Crippen LogP contribution in [0.1, 0.15) is 28.8 Å². The molecule has 2 amide bonds. The van der Waals surface area contributed by atoms with Crippen molar-refractivity contribution in [2.24, 2.45) is 0 Å². The van der Waals surface area contributed by atoms with Gasteiger partial charge in [0, 0.05) is 18.1 Å². The highest BCUT2D eigenvalue weighted by Gasteiger charge is 2.28. The average Bonchev–Trinajstić information content (AvgIpc) is 3.38. The first-order chi connectivity index (χ1) is 16.8. The van der Waals surface area contributed by atoms with Gasteiger partial charge >= 0.3 is 0 Å². The zero-order chi connectivity index (χ0) is 25.0. The van der Waals surface area contributed by atoms with Gasteiger partial charge in [-0.1, -0.05) is 47.5 Å². The molecule has 1 saturated heterocycles. The van der Waals surface area contributed by atoms with Crippen LogP contribution >= 0.6 is 11.6 Å². The Kier molecular flexibility index (Phi) is 7.42. The van der Waals surface area contributed by atoms with Gasteiger partial charge in [-0.3, -0.25) is 13.9 Å². The Bertz CT molecular complexity index is 1340. The molecule has 9 heteroatoms. The summed E-state index contributed by atoms with van der Waals surface area (Å²) in [5, 5.41) is 3.08. The zero-order valence-electron chi connectivity index (χ0n) is 19.3. The number of carbonyl (C=O) groups is 2. The fourth-order valence-electron chi connectivity index (χ4n) is 3.97. The molecule has 1 heterocycles. The third-order valence-corrected chi connectivity index (χ3v) is 7.84. The van der Waals surface area contributed by atoms with E-state index in [2.05, 4.69) is 5.32 Å². The number of para-hydroxylation sites is 1. The summed E-state index contributed by atoms with van der Waals surface area (Å²) >= 11 is 6.13. The molecule has 1 aliphatic rings. The average molecular weight is 512 g/mol. The van der Waals surface area contributed by atoms with E-state index in [-0.39, 0.29) is 16.5 Å². The van der Waals surface area contributed by atoms with Crippen LogP contribution in [0.2, 0.25) is 5.02 Å². The summed E-state index contributed by atoms with van der Waals surface area (Å²) < 4.78 is 28.1. The lowest BCUT2D eigenvalue weighted by atomic mass is 10.1. The van der Waals surface area contributed by atoms with Crippen LogP contribution in [-0.4, -0.2) is 44.8 Å². The summed E-state index contributed by atoms with van der Waals surface area (Å²) in [7, 11) is -4.08. The van der Waals surface area contributed by atoms with Crippen molar-refractivity contribution >= 4 is 44.8 Å². The van der Waals surface area contributed by atoms with Crippen LogP contribution in [0.5, 0.6) is 0 Å². The quantitative estimate of drug-likeness (QED) is 0.497. The molecule has 4 rings (SSSR count). The molecule has 3 aromatic rings. The maximum Gasteiger partial charge on any atom is 0.264 e. The van der Waals surface area contributed by atoms with Gasteiger partial charge in [-0.15, -0.1) is 0 Å². The van der Waals surface area contributed by atoms with E-state index < -0.39 is 22.5 Å². The van der Waals surface area contributed by atoms with Gasteiger partial charge in [-0.25, -0.2) is 8.42 Å². The fraction of sp³-hybridized carbons (Fsp3) is 0.231. The number of rotatable bonds is 7. The van der Waals surface area contributed by atoms with Gasteiger partial charge in [0.1, 0.15) is 6.54 Å². The summed E-state index contributed by atoms with van der Waals surface area (Å²) in [5.74, 6) is -0.736. The van der Waals surface area contributed by atoms with E-state index in [1.54, 1.807) is 59.5 Å². The molecule has 3 aromatic carbocycles. The smallest absolute Gasteiger partial charge is 0.264 e. The number of nitrogens with zero attached hydrogens (tertiary/aromatic N) is 2. The first-order valence-electron chi connectivity index (χ1n) is 11.3. The molecular formula is C26H26ClN3O4S. The van der Waals surface area contributed by atoms with Crippen LogP contribution in [0.3, 0.4) is 0 Å². The van der Waals surface area contributed by atoms with Crippen molar-refractivity contribution in [3.63, 3.8) is 0 Å². The van der Waals surface area contributed by atoms with Crippen LogP contribution in [0.15, 0.2) is 77.7 Å². The summed E-state index contributed by atoms with van der Waals surface area (Å²) in [5.41, 5.74) is 1.89. The zero-order valence-corrected chi connectivity index (χ0v) is 20.8. The van der Waals surface area contributed by atoms with Gasteiger partial charge < -0.3 is 10.2 Å². The Morgan fingerprint density at radius 1 is 0.971 bits per heavy atom. The Hall–Kier alpha value is -3.36. The highest BCUT2D eigenvalue weighted by Crippen LogP contribution is 2.27. The molecule has 1 aliphatic heterocycles. The van der Waals surface area contributed by atoms with Crippen molar-refractivity contribution in [3.05, 3.63) is 88.9 Å². The fourth-order valence-corrected chi connectivity index (χ4v) is 5.57. The van der Waals surface area contributed by atoms with E-state index in [9.17, 15) is 18.0 Å². The summed E-state index contributed by atoms with van der Waals surface area (Å²) in [6.07, 6.45) is 1.90. The van der Waals surface area contributed by atoms with Crippen LogP contribution in [0.25, 0.3) is 0 Å². The molecule has 0 unspecified atom stereocenters. The molecule has 0 spiro atoms. The van der Waals surface area contributed by atoms with Crippen LogP contribution in [0.4, 0.5) is 11.4 Å². The predicted molar refractivity (Wildman–Crippen MR) is 137 cm³/mol. The third kappa shape index (κ3) is 5.66. The molecule has 0 aliphatic carbocycles. The number of hydrogen-bond acceptors (Lipinski definition) is 4. The van der Waals surface area contributed by atoms with Gasteiger partial charge in [-0.05, 0) is 62.2 Å². The lowest BCUT2D eigenvalue weighted by Crippen LogP contribution is -2.38. The van der Waals surface area contributed by atoms with Gasteiger partial charge in [0.2, 0.25) is 5.91 Å². The number of likely N-dealkylation sites (tertiary alicyclic amines) is 1. The lowest BCUT2D eigenvalue weighted by molar-refractivity contribution is -0.114. The van der Waals surface area contributed by atoms with Gasteiger partial charge in [0.25, 0.3) is 15.9 Å². The van der Waals surface area contributed by atoms with Crippen molar-refractivity contribution in [2.45, 2.75) is 24.7 Å². The number of carbonyl (C=O) groups excluding carboxylic acids is 2. The van der Waals surface area contributed by atoms with Gasteiger partial charge in [0.15, 0.2) is 0 Å². The number of benzene rings is 3. The Morgan fingerprint density at radius 3 is 2.34 bits per heavy atom. The van der Waals surface area contributed by atoms with Crippen LogP contribution in [-0.2, 0) is 14.8 Å².